The minimum absolute atomic E-state index is 0.0831. The van der Waals surface area contributed by atoms with Crippen molar-refractivity contribution in [1.29, 1.82) is 0 Å². The van der Waals surface area contributed by atoms with Gasteiger partial charge in [0.15, 0.2) is 5.78 Å². The fourth-order valence-corrected chi connectivity index (χ4v) is 3.26. The van der Waals surface area contributed by atoms with Crippen LogP contribution in [-0.4, -0.2) is 17.4 Å². The molecule has 0 aromatic rings. The highest BCUT2D eigenvalue weighted by Crippen LogP contribution is 2.36. The van der Waals surface area contributed by atoms with Gasteiger partial charge in [-0.1, -0.05) is 72.9 Å². The number of hydrogen-bond donors (Lipinski definition) is 1. The summed E-state index contributed by atoms with van der Waals surface area (Å²) in [5.41, 5.74) is -0.614. The predicted molar refractivity (Wildman–Crippen MR) is 82.2 cm³/mol. The Labute approximate surface area is 119 Å². The second-order valence-electron chi connectivity index (χ2n) is 5.46. The Balaban J connectivity index is 2.00. The summed E-state index contributed by atoms with van der Waals surface area (Å²) in [5.74, 6) is 0.341. The van der Waals surface area contributed by atoms with Gasteiger partial charge in [-0.3, -0.25) is 10.1 Å². The SMILES string of the molecule is CC(=O)C(NC1C=CC=C1)(C1C=CC=C1)C1C=CC=C1. The Hall–Kier alpha value is -1.93. The lowest BCUT2D eigenvalue weighted by molar-refractivity contribution is -0.125. The molecule has 1 N–H and O–H groups in total. The van der Waals surface area contributed by atoms with Crippen LogP contribution in [0.3, 0.4) is 0 Å². The van der Waals surface area contributed by atoms with Crippen molar-refractivity contribution >= 4 is 5.78 Å². The second-order valence-corrected chi connectivity index (χ2v) is 5.46. The van der Waals surface area contributed by atoms with Crippen LogP contribution in [-0.2, 0) is 4.79 Å². The molecule has 0 spiro atoms. The zero-order valence-electron chi connectivity index (χ0n) is 11.6. The summed E-state index contributed by atoms with van der Waals surface area (Å²) in [6.07, 6.45) is 24.7. The number of hydrogen-bond acceptors (Lipinski definition) is 2. The zero-order valence-corrected chi connectivity index (χ0v) is 11.6. The van der Waals surface area contributed by atoms with E-state index < -0.39 is 5.54 Å². The van der Waals surface area contributed by atoms with Crippen molar-refractivity contribution in [2.75, 3.05) is 0 Å². The van der Waals surface area contributed by atoms with Crippen molar-refractivity contribution in [3.63, 3.8) is 0 Å². The average molecular weight is 265 g/mol. The van der Waals surface area contributed by atoms with Crippen LogP contribution in [0, 0.1) is 11.8 Å². The summed E-state index contributed by atoms with van der Waals surface area (Å²) in [5, 5.41) is 3.58. The molecule has 0 bridgehead atoms. The molecule has 0 fully saturated rings. The van der Waals surface area contributed by atoms with E-state index in [-0.39, 0.29) is 23.7 Å². The molecule has 0 aromatic heterocycles. The smallest absolute Gasteiger partial charge is 0.151 e. The molecule has 0 saturated heterocycles. The highest BCUT2D eigenvalue weighted by molar-refractivity contribution is 5.89. The van der Waals surface area contributed by atoms with Crippen molar-refractivity contribution in [3.05, 3.63) is 72.9 Å². The van der Waals surface area contributed by atoms with Crippen molar-refractivity contribution in [3.8, 4) is 0 Å². The van der Waals surface area contributed by atoms with Crippen LogP contribution < -0.4 is 5.32 Å². The molecular weight excluding hydrogens is 246 g/mol. The fourth-order valence-electron chi connectivity index (χ4n) is 3.26. The highest BCUT2D eigenvalue weighted by Gasteiger charge is 2.47. The quantitative estimate of drug-likeness (QED) is 0.828. The number of carbonyl (C=O) groups is 1. The first-order chi connectivity index (χ1) is 9.73. The van der Waals surface area contributed by atoms with E-state index in [1.165, 1.54) is 0 Å². The summed E-state index contributed by atoms with van der Waals surface area (Å²) < 4.78 is 0. The van der Waals surface area contributed by atoms with E-state index in [0.717, 1.165) is 0 Å². The van der Waals surface area contributed by atoms with E-state index in [0.29, 0.717) is 0 Å². The van der Waals surface area contributed by atoms with Crippen molar-refractivity contribution in [2.24, 2.45) is 11.8 Å². The number of allylic oxidation sites excluding steroid dienone is 6. The molecule has 3 aliphatic rings. The third-order valence-corrected chi connectivity index (χ3v) is 4.28. The summed E-state index contributed by atoms with van der Waals surface area (Å²) in [6.45, 7) is 1.69. The molecule has 0 aromatic carbocycles. The summed E-state index contributed by atoms with van der Waals surface area (Å²) in [7, 11) is 0. The van der Waals surface area contributed by atoms with Crippen molar-refractivity contribution in [1.82, 2.24) is 5.32 Å². The number of rotatable bonds is 5. The van der Waals surface area contributed by atoms with Crippen LogP contribution in [0.15, 0.2) is 72.9 Å². The maximum absolute atomic E-state index is 12.6. The highest BCUT2D eigenvalue weighted by atomic mass is 16.1. The minimum Gasteiger partial charge on any atom is -0.298 e. The number of carbonyl (C=O) groups excluding carboxylic acids is 1. The van der Waals surface area contributed by atoms with Gasteiger partial charge in [0.1, 0.15) is 0 Å². The first kappa shape index (κ1) is 13.1. The maximum atomic E-state index is 12.6. The van der Waals surface area contributed by atoms with Crippen molar-refractivity contribution < 1.29 is 4.79 Å². The van der Waals surface area contributed by atoms with Gasteiger partial charge in [-0.25, -0.2) is 0 Å². The predicted octanol–water partition coefficient (Wildman–Crippen LogP) is 2.88. The van der Waals surface area contributed by atoms with Crippen LogP contribution in [0.1, 0.15) is 6.92 Å². The van der Waals surface area contributed by atoms with E-state index in [4.69, 9.17) is 0 Å². The van der Waals surface area contributed by atoms with E-state index in [2.05, 4.69) is 41.8 Å². The van der Waals surface area contributed by atoms with Crippen LogP contribution in [0.5, 0.6) is 0 Å². The van der Waals surface area contributed by atoms with Gasteiger partial charge in [-0.2, -0.15) is 0 Å². The molecular formula is C18H19NO. The lowest BCUT2D eigenvalue weighted by Crippen LogP contribution is -2.61. The topological polar surface area (TPSA) is 29.1 Å². The van der Waals surface area contributed by atoms with Gasteiger partial charge in [-0.05, 0) is 6.92 Å². The zero-order chi connectivity index (χ0) is 14.0. The Morgan fingerprint density at radius 1 is 0.800 bits per heavy atom. The molecule has 0 unspecified atom stereocenters. The lowest BCUT2D eigenvalue weighted by atomic mass is 9.71. The van der Waals surface area contributed by atoms with Gasteiger partial charge in [0.05, 0.1) is 5.54 Å². The Morgan fingerprint density at radius 2 is 1.20 bits per heavy atom. The van der Waals surface area contributed by atoms with E-state index >= 15 is 0 Å². The monoisotopic (exact) mass is 265 g/mol. The van der Waals surface area contributed by atoms with Crippen LogP contribution in [0.25, 0.3) is 0 Å². The molecule has 20 heavy (non-hydrogen) atoms. The third kappa shape index (κ3) is 2.06. The van der Waals surface area contributed by atoms with Gasteiger partial charge in [0, 0.05) is 17.9 Å². The van der Waals surface area contributed by atoms with E-state index in [9.17, 15) is 4.79 Å². The number of Topliss-reactive ketones (excluding diaryl/α,β-unsaturated/α-hetero) is 1. The summed E-state index contributed by atoms with van der Waals surface area (Å²) in [4.78, 5) is 12.6. The normalized spacial score (nSPS) is 21.9. The summed E-state index contributed by atoms with van der Waals surface area (Å²) in [6, 6.07) is 0.115. The van der Waals surface area contributed by atoms with Gasteiger partial charge in [0.2, 0.25) is 0 Å². The molecule has 2 nitrogen and oxygen atoms in total. The van der Waals surface area contributed by atoms with Gasteiger partial charge in [0.25, 0.3) is 0 Å². The molecule has 0 amide bonds. The summed E-state index contributed by atoms with van der Waals surface area (Å²) >= 11 is 0. The molecule has 3 aliphatic carbocycles. The first-order valence-electron chi connectivity index (χ1n) is 7.07. The molecule has 0 aliphatic heterocycles. The first-order valence-corrected chi connectivity index (χ1v) is 7.07. The molecule has 0 saturated carbocycles. The third-order valence-electron chi connectivity index (χ3n) is 4.28. The largest absolute Gasteiger partial charge is 0.298 e. The van der Waals surface area contributed by atoms with E-state index in [1.807, 2.05) is 36.5 Å². The van der Waals surface area contributed by atoms with Gasteiger partial charge in [-0.15, -0.1) is 0 Å². The Bertz CT molecular complexity index is 510. The molecule has 0 heterocycles. The fraction of sp³-hybridized carbons (Fsp3) is 0.278. The Kier molecular flexibility index (Phi) is 3.41. The molecule has 102 valence electrons. The molecule has 0 atom stereocenters. The standard InChI is InChI=1S/C18H19NO/c1-14(20)18(15-8-2-3-9-15,16-10-4-5-11-16)19-17-12-6-7-13-17/h2-13,15-17,19H,1H3. The Morgan fingerprint density at radius 3 is 1.60 bits per heavy atom. The number of nitrogens with one attached hydrogen (secondary N) is 1. The lowest BCUT2D eigenvalue weighted by Gasteiger charge is -2.41. The molecule has 0 radical (unpaired) electrons. The minimum atomic E-state index is -0.614. The van der Waals surface area contributed by atoms with Crippen LogP contribution >= 0.6 is 0 Å². The van der Waals surface area contributed by atoms with Gasteiger partial charge < -0.3 is 0 Å². The maximum Gasteiger partial charge on any atom is 0.151 e. The molecule has 2 heteroatoms. The molecule has 3 rings (SSSR count). The van der Waals surface area contributed by atoms with Crippen LogP contribution in [0.2, 0.25) is 0 Å². The second kappa shape index (κ2) is 5.22. The van der Waals surface area contributed by atoms with E-state index in [1.54, 1.807) is 6.92 Å². The van der Waals surface area contributed by atoms with Gasteiger partial charge >= 0.3 is 0 Å². The average Bonchev–Trinajstić information content (AvgIpc) is 3.17. The van der Waals surface area contributed by atoms with Crippen molar-refractivity contribution in [2.45, 2.75) is 18.5 Å². The number of ketones is 1. The van der Waals surface area contributed by atoms with Crippen LogP contribution in [0.4, 0.5) is 0 Å².